The Balaban J connectivity index is 1.44. The zero-order chi connectivity index (χ0) is 21.9. The molecule has 170 valence electrons. The van der Waals surface area contributed by atoms with E-state index in [1.165, 1.54) is 16.7 Å². The van der Waals surface area contributed by atoms with E-state index in [1.807, 2.05) is 12.3 Å². The van der Waals surface area contributed by atoms with Gasteiger partial charge in [-0.2, -0.15) is 0 Å². The Morgan fingerprint density at radius 1 is 1.16 bits per heavy atom. The van der Waals surface area contributed by atoms with Crippen molar-refractivity contribution >= 4 is 11.0 Å². The maximum absolute atomic E-state index is 5.67. The molecule has 0 saturated carbocycles. The van der Waals surface area contributed by atoms with E-state index < -0.39 is 0 Å². The van der Waals surface area contributed by atoms with Gasteiger partial charge < -0.3 is 19.2 Å². The summed E-state index contributed by atoms with van der Waals surface area (Å²) in [6.07, 6.45) is 9.41. The first-order valence-corrected chi connectivity index (χ1v) is 11.7. The van der Waals surface area contributed by atoms with Crippen LogP contribution in [-0.2, 0) is 17.6 Å². The second-order valence-electron chi connectivity index (χ2n) is 8.97. The molecule has 0 spiro atoms. The molecule has 1 unspecified atom stereocenters. The van der Waals surface area contributed by atoms with E-state index in [0.29, 0.717) is 12.0 Å². The van der Waals surface area contributed by atoms with Gasteiger partial charge in [0.15, 0.2) is 11.5 Å². The van der Waals surface area contributed by atoms with Crippen LogP contribution in [0.25, 0.3) is 11.0 Å². The van der Waals surface area contributed by atoms with Gasteiger partial charge in [-0.15, -0.1) is 0 Å². The number of hydrogen-bond acceptors (Lipinski definition) is 5. The van der Waals surface area contributed by atoms with Crippen molar-refractivity contribution in [1.82, 2.24) is 14.9 Å². The first-order valence-electron chi connectivity index (χ1n) is 11.7. The third-order valence-electron chi connectivity index (χ3n) is 7.15. The molecule has 1 fully saturated rings. The summed E-state index contributed by atoms with van der Waals surface area (Å²) in [6.45, 7) is 4.00. The largest absolute Gasteiger partial charge is 0.493 e. The number of H-pyrrole nitrogens is 1. The maximum atomic E-state index is 5.67. The standard InChI is InChI=1S/C26H33N3O3/c1-30-24-14-19-7-11-29(17-18-8-12-32-13-9-18)23(21(19)15-25(24)31-2)6-5-20-16-28-22-4-3-10-27-26(20)22/h3-4,10,14-16,18,23,28H,5-9,11-13,17H2,1-2H3. The predicted molar refractivity (Wildman–Crippen MR) is 126 cm³/mol. The third-order valence-corrected chi connectivity index (χ3v) is 7.15. The van der Waals surface area contributed by atoms with Crippen molar-refractivity contribution in [3.05, 3.63) is 53.3 Å². The molecule has 6 heteroatoms. The molecule has 1 atom stereocenters. The van der Waals surface area contributed by atoms with Crippen molar-refractivity contribution in [2.45, 2.75) is 38.1 Å². The number of pyridine rings is 1. The van der Waals surface area contributed by atoms with Crippen LogP contribution >= 0.6 is 0 Å². The zero-order valence-corrected chi connectivity index (χ0v) is 19.1. The Morgan fingerprint density at radius 2 is 1.97 bits per heavy atom. The number of aromatic nitrogens is 2. The first kappa shape index (κ1) is 21.3. The molecule has 2 aromatic heterocycles. The Morgan fingerprint density at radius 3 is 2.78 bits per heavy atom. The number of aromatic amines is 1. The number of aryl methyl sites for hydroxylation is 1. The van der Waals surface area contributed by atoms with Gasteiger partial charge in [-0.05, 0) is 79.0 Å². The van der Waals surface area contributed by atoms with Gasteiger partial charge in [-0.1, -0.05) is 0 Å². The summed E-state index contributed by atoms with van der Waals surface area (Å²) in [5, 5.41) is 0. The van der Waals surface area contributed by atoms with E-state index in [0.717, 1.165) is 80.9 Å². The maximum Gasteiger partial charge on any atom is 0.161 e. The Bertz CT molecular complexity index is 1060. The van der Waals surface area contributed by atoms with Gasteiger partial charge in [-0.3, -0.25) is 9.88 Å². The number of nitrogens with zero attached hydrogens (tertiary/aromatic N) is 2. The topological polar surface area (TPSA) is 59.6 Å². The van der Waals surface area contributed by atoms with E-state index in [4.69, 9.17) is 14.2 Å². The van der Waals surface area contributed by atoms with Crippen molar-refractivity contribution in [3.63, 3.8) is 0 Å². The molecule has 4 heterocycles. The van der Waals surface area contributed by atoms with Crippen molar-refractivity contribution in [3.8, 4) is 11.5 Å². The summed E-state index contributed by atoms with van der Waals surface area (Å²) in [5.74, 6) is 2.35. The summed E-state index contributed by atoms with van der Waals surface area (Å²) in [5.41, 5.74) is 6.25. The van der Waals surface area contributed by atoms with Gasteiger partial charge in [0.2, 0.25) is 0 Å². The first-order chi connectivity index (χ1) is 15.8. The molecule has 1 N–H and O–H groups in total. The van der Waals surface area contributed by atoms with Crippen molar-refractivity contribution in [1.29, 1.82) is 0 Å². The van der Waals surface area contributed by atoms with E-state index in [9.17, 15) is 0 Å². The molecule has 0 bridgehead atoms. The minimum atomic E-state index is 0.357. The monoisotopic (exact) mass is 435 g/mol. The molecule has 2 aliphatic rings. The highest BCUT2D eigenvalue weighted by Crippen LogP contribution is 2.40. The van der Waals surface area contributed by atoms with E-state index in [-0.39, 0.29) is 0 Å². The molecule has 32 heavy (non-hydrogen) atoms. The van der Waals surface area contributed by atoms with Crippen LogP contribution in [0.4, 0.5) is 0 Å². The normalized spacial score (nSPS) is 19.8. The highest BCUT2D eigenvalue weighted by atomic mass is 16.5. The summed E-state index contributed by atoms with van der Waals surface area (Å²) >= 11 is 0. The molecule has 6 nitrogen and oxygen atoms in total. The molecule has 0 aliphatic carbocycles. The number of rotatable bonds is 7. The third kappa shape index (κ3) is 4.21. The average molecular weight is 436 g/mol. The smallest absolute Gasteiger partial charge is 0.161 e. The predicted octanol–water partition coefficient (Wildman–Crippen LogP) is 4.54. The van der Waals surface area contributed by atoms with Gasteiger partial charge in [0, 0.05) is 44.7 Å². The van der Waals surface area contributed by atoms with Crippen molar-refractivity contribution < 1.29 is 14.2 Å². The molecule has 1 saturated heterocycles. The van der Waals surface area contributed by atoms with Gasteiger partial charge >= 0.3 is 0 Å². The Kier molecular flexibility index (Phi) is 6.32. The van der Waals surface area contributed by atoms with Crippen LogP contribution in [0.1, 0.15) is 42.0 Å². The van der Waals surface area contributed by atoms with Crippen molar-refractivity contribution in [2.75, 3.05) is 40.5 Å². The zero-order valence-electron chi connectivity index (χ0n) is 19.1. The fourth-order valence-corrected chi connectivity index (χ4v) is 5.39. The summed E-state index contributed by atoms with van der Waals surface area (Å²) in [4.78, 5) is 10.7. The molecular weight excluding hydrogens is 402 g/mol. The molecule has 1 aromatic carbocycles. The highest BCUT2D eigenvalue weighted by Gasteiger charge is 2.31. The van der Waals surface area contributed by atoms with Crippen LogP contribution in [0.15, 0.2) is 36.7 Å². The number of benzene rings is 1. The van der Waals surface area contributed by atoms with Crippen LogP contribution in [-0.4, -0.2) is 55.4 Å². The molecule has 2 aliphatic heterocycles. The lowest BCUT2D eigenvalue weighted by atomic mass is 9.87. The van der Waals surface area contributed by atoms with Crippen LogP contribution < -0.4 is 9.47 Å². The highest BCUT2D eigenvalue weighted by molar-refractivity contribution is 5.78. The minimum absolute atomic E-state index is 0.357. The lowest BCUT2D eigenvalue weighted by Crippen LogP contribution is -2.40. The quantitative estimate of drug-likeness (QED) is 0.591. The summed E-state index contributed by atoms with van der Waals surface area (Å²) < 4.78 is 16.9. The fourth-order valence-electron chi connectivity index (χ4n) is 5.39. The number of fused-ring (bicyclic) bond motifs is 2. The molecule has 5 rings (SSSR count). The van der Waals surface area contributed by atoms with Crippen molar-refractivity contribution in [2.24, 2.45) is 5.92 Å². The number of methoxy groups -OCH3 is 2. The van der Waals surface area contributed by atoms with Gasteiger partial charge in [-0.25, -0.2) is 0 Å². The van der Waals surface area contributed by atoms with E-state index in [2.05, 4.69) is 39.3 Å². The van der Waals surface area contributed by atoms with Gasteiger partial charge in [0.25, 0.3) is 0 Å². The fraction of sp³-hybridized carbons (Fsp3) is 0.500. The molecule has 0 amide bonds. The second-order valence-corrected chi connectivity index (χ2v) is 8.97. The van der Waals surface area contributed by atoms with Crippen LogP contribution in [0.5, 0.6) is 11.5 Å². The number of nitrogens with one attached hydrogen (secondary N) is 1. The molecule has 0 radical (unpaired) electrons. The van der Waals surface area contributed by atoms with Crippen LogP contribution in [0.2, 0.25) is 0 Å². The van der Waals surface area contributed by atoms with E-state index >= 15 is 0 Å². The van der Waals surface area contributed by atoms with Crippen LogP contribution in [0, 0.1) is 5.92 Å². The Labute approximate surface area is 189 Å². The van der Waals surface area contributed by atoms with Gasteiger partial charge in [0.05, 0.1) is 25.3 Å². The number of hydrogen-bond donors (Lipinski definition) is 1. The average Bonchev–Trinajstić information content (AvgIpc) is 3.26. The summed E-state index contributed by atoms with van der Waals surface area (Å²) in [6, 6.07) is 8.82. The van der Waals surface area contributed by atoms with Gasteiger partial charge in [0.1, 0.15) is 0 Å². The number of ether oxygens (including phenoxy) is 3. The lowest BCUT2D eigenvalue weighted by Gasteiger charge is -2.40. The molecular formula is C26H33N3O3. The lowest BCUT2D eigenvalue weighted by molar-refractivity contribution is 0.0423. The summed E-state index contributed by atoms with van der Waals surface area (Å²) in [7, 11) is 3.44. The second kappa shape index (κ2) is 9.51. The minimum Gasteiger partial charge on any atom is -0.493 e. The Hall–Kier alpha value is -2.57. The van der Waals surface area contributed by atoms with Crippen LogP contribution in [0.3, 0.4) is 0 Å². The molecule has 3 aromatic rings. The van der Waals surface area contributed by atoms with E-state index in [1.54, 1.807) is 14.2 Å². The SMILES string of the molecule is COc1cc2c(cc1OC)C(CCc1c[nH]c3cccnc13)N(CC1CCOCC1)CC2.